The molecule has 0 aromatic heterocycles. The third kappa shape index (κ3) is 2.03. The van der Waals surface area contributed by atoms with Gasteiger partial charge in [0.25, 0.3) is 0 Å². The van der Waals surface area contributed by atoms with Crippen molar-refractivity contribution in [3.63, 3.8) is 0 Å². The van der Waals surface area contributed by atoms with Crippen LogP contribution in [0, 0.1) is 5.92 Å². The van der Waals surface area contributed by atoms with Gasteiger partial charge in [-0.3, -0.25) is 5.01 Å². The SMILES string of the molecule is CC1CN(c2ccc(Cl)cc2Cl)N=C1N. The molecule has 0 spiro atoms. The Balaban J connectivity index is 2.32. The van der Waals surface area contributed by atoms with E-state index < -0.39 is 0 Å². The monoisotopic (exact) mass is 243 g/mol. The average Bonchev–Trinajstić information content (AvgIpc) is 2.46. The molecule has 2 N–H and O–H groups in total. The first-order valence-electron chi connectivity index (χ1n) is 4.64. The lowest BCUT2D eigenvalue weighted by Crippen LogP contribution is -2.20. The van der Waals surface area contributed by atoms with Crippen LogP contribution >= 0.6 is 23.2 Å². The lowest BCUT2D eigenvalue weighted by atomic mass is 10.2. The summed E-state index contributed by atoms with van der Waals surface area (Å²) in [5.74, 6) is 0.901. The van der Waals surface area contributed by atoms with Gasteiger partial charge in [0.05, 0.1) is 17.3 Å². The van der Waals surface area contributed by atoms with Gasteiger partial charge in [-0.2, -0.15) is 5.10 Å². The van der Waals surface area contributed by atoms with Gasteiger partial charge in [-0.25, -0.2) is 0 Å². The molecule has 0 saturated heterocycles. The molecular weight excluding hydrogens is 233 g/mol. The van der Waals surface area contributed by atoms with Crippen molar-refractivity contribution in [3.8, 4) is 0 Å². The maximum atomic E-state index is 6.07. The molecular formula is C10H11Cl2N3. The lowest BCUT2D eigenvalue weighted by Gasteiger charge is -2.15. The van der Waals surface area contributed by atoms with Crippen molar-refractivity contribution >= 4 is 34.7 Å². The molecule has 0 bridgehead atoms. The van der Waals surface area contributed by atoms with Crippen LogP contribution in [0.25, 0.3) is 0 Å². The van der Waals surface area contributed by atoms with Gasteiger partial charge in [0.2, 0.25) is 0 Å². The van der Waals surface area contributed by atoms with E-state index in [0.717, 1.165) is 12.2 Å². The molecule has 1 aliphatic rings. The Morgan fingerprint density at radius 1 is 1.47 bits per heavy atom. The second-order valence-electron chi connectivity index (χ2n) is 3.60. The highest BCUT2D eigenvalue weighted by Gasteiger charge is 2.22. The molecule has 15 heavy (non-hydrogen) atoms. The van der Waals surface area contributed by atoms with E-state index in [-0.39, 0.29) is 5.92 Å². The molecule has 5 heteroatoms. The third-order valence-corrected chi connectivity index (χ3v) is 2.91. The first-order valence-corrected chi connectivity index (χ1v) is 5.40. The van der Waals surface area contributed by atoms with Crippen LogP contribution in [0.3, 0.4) is 0 Å². The molecule has 2 rings (SSSR count). The first-order chi connectivity index (χ1) is 7.08. The first kappa shape index (κ1) is 10.6. The number of amidine groups is 1. The summed E-state index contributed by atoms with van der Waals surface area (Å²) < 4.78 is 0. The van der Waals surface area contributed by atoms with E-state index in [1.54, 1.807) is 17.1 Å². The zero-order valence-corrected chi connectivity index (χ0v) is 9.76. The fraction of sp³-hybridized carbons (Fsp3) is 0.300. The summed E-state index contributed by atoms with van der Waals surface area (Å²) in [6.07, 6.45) is 0. The van der Waals surface area contributed by atoms with E-state index in [1.165, 1.54) is 0 Å². The van der Waals surface area contributed by atoms with Crippen molar-refractivity contribution in [1.29, 1.82) is 0 Å². The fourth-order valence-electron chi connectivity index (χ4n) is 1.47. The second kappa shape index (κ2) is 3.91. The maximum Gasteiger partial charge on any atom is 0.124 e. The van der Waals surface area contributed by atoms with Gasteiger partial charge < -0.3 is 5.73 Å². The Kier molecular flexibility index (Phi) is 2.76. The number of rotatable bonds is 1. The summed E-state index contributed by atoms with van der Waals surface area (Å²) >= 11 is 11.9. The number of hydrogen-bond acceptors (Lipinski definition) is 3. The Hall–Kier alpha value is -0.930. The Morgan fingerprint density at radius 2 is 2.20 bits per heavy atom. The van der Waals surface area contributed by atoms with Gasteiger partial charge in [0, 0.05) is 10.9 Å². The van der Waals surface area contributed by atoms with Crippen LogP contribution in [0.2, 0.25) is 10.0 Å². The standard InChI is InChI=1S/C10H11Cl2N3/c1-6-5-15(14-10(6)13)9-3-2-7(11)4-8(9)12/h2-4,6H,5H2,1H3,(H2,13,14). The third-order valence-electron chi connectivity index (χ3n) is 2.38. The van der Waals surface area contributed by atoms with Gasteiger partial charge >= 0.3 is 0 Å². The zero-order valence-electron chi connectivity index (χ0n) is 8.24. The molecule has 0 aliphatic carbocycles. The smallest absolute Gasteiger partial charge is 0.124 e. The van der Waals surface area contributed by atoms with Gasteiger partial charge in [-0.05, 0) is 18.2 Å². The molecule has 0 fully saturated rings. The minimum Gasteiger partial charge on any atom is -0.385 e. The van der Waals surface area contributed by atoms with Crippen LogP contribution in [0.5, 0.6) is 0 Å². The zero-order chi connectivity index (χ0) is 11.0. The molecule has 3 nitrogen and oxygen atoms in total. The molecule has 1 atom stereocenters. The number of hydrogen-bond donors (Lipinski definition) is 1. The number of halogens is 2. The molecule has 1 aromatic rings. The van der Waals surface area contributed by atoms with Crippen LogP contribution in [0.4, 0.5) is 5.69 Å². The van der Waals surface area contributed by atoms with Crippen LogP contribution in [0.1, 0.15) is 6.92 Å². The number of benzene rings is 1. The van der Waals surface area contributed by atoms with Crippen molar-refractivity contribution in [1.82, 2.24) is 0 Å². The quantitative estimate of drug-likeness (QED) is 0.825. The van der Waals surface area contributed by atoms with E-state index in [9.17, 15) is 0 Å². The maximum absolute atomic E-state index is 6.07. The van der Waals surface area contributed by atoms with Crippen LogP contribution in [0.15, 0.2) is 23.3 Å². The number of anilines is 1. The minimum absolute atomic E-state index is 0.261. The van der Waals surface area contributed by atoms with Crippen LogP contribution in [-0.4, -0.2) is 12.4 Å². The normalized spacial score (nSPS) is 20.6. The Labute approximate surface area is 98.5 Å². The number of hydrazone groups is 1. The van der Waals surface area contributed by atoms with E-state index >= 15 is 0 Å². The highest BCUT2D eigenvalue weighted by molar-refractivity contribution is 6.36. The highest BCUT2D eigenvalue weighted by atomic mass is 35.5. The summed E-state index contributed by atoms with van der Waals surface area (Å²) in [5.41, 5.74) is 6.57. The van der Waals surface area contributed by atoms with Gasteiger partial charge in [0.1, 0.15) is 5.84 Å². The number of nitrogens with zero attached hydrogens (tertiary/aromatic N) is 2. The summed E-state index contributed by atoms with van der Waals surface area (Å²) in [5, 5.41) is 7.24. The van der Waals surface area contributed by atoms with E-state index in [4.69, 9.17) is 28.9 Å². The van der Waals surface area contributed by atoms with Crippen molar-refractivity contribution in [3.05, 3.63) is 28.2 Å². The molecule has 0 amide bonds. The summed E-state index contributed by atoms with van der Waals surface area (Å²) in [4.78, 5) is 0. The molecule has 80 valence electrons. The van der Waals surface area contributed by atoms with Crippen LogP contribution in [-0.2, 0) is 0 Å². The van der Waals surface area contributed by atoms with E-state index in [2.05, 4.69) is 5.10 Å². The largest absolute Gasteiger partial charge is 0.385 e. The predicted octanol–water partition coefficient (Wildman–Crippen LogP) is 2.72. The van der Waals surface area contributed by atoms with Crippen LogP contribution < -0.4 is 10.7 Å². The Morgan fingerprint density at radius 3 is 2.73 bits per heavy atom. The van der Waals surface area contributed by atoms with Gasteiger partial charge in [0.15, 0.2) is 0 Å². The molecule has 0 saturated carbocycles. The van der Waals surface area contributed by atoms with Gasteiger partial charge in [-0.15, -0.1) is 0 Å². The Bertz CT molecular complexity index is 417. The molecule has 1 unspecified atom stereocenters. The summed E-state index contributed by atoms with van der Waals surface area (Å²) in [6, 6.07) is 5.34. The van der Waals surface area contributed by atoms with Crippen molar-refractivity contribution in [2.45, 2.75) is 6.92 Å². The van der Waals surface area contributed by atoms with Crippen molar-refractivity contribution in [2.24, 2.45) is 16.8 Å². The van der Waals surface area contributed by atoms with Crippen molar-refractivity contribution in [2.75, 3.05) is 11.6 Å². The second-order valence-corrected chi connectivity index (χ2v) is 4.45. The highest BCUT2D eigenvalue weighted by Crippen LogP contribution is 2.31. The fourth-order valence-corrected chi connectivity index (χ4v) is 1.98. The predicted molar refractivity (Wildman–Crippen MR) is 64.6 cm³/mol. The van der Waals surface area contributed by atoms with Gasteiger partial charge in [-0.1, -0.05) is 30.1 Å². The topological polar surface area (TPSA) is 41.6 Å². The summed E-state index contributed by atoms with van der Waals surface area (Å²) in [7, 11) is 0. The van der Waals surface area contributed by atoms with Crippen molar-refractivity contribution < 1.29 is 0 Å². The molecule has 0 radical (unpaired) electrons. The lowest BCUT2D eigenvalue weighted by molar-refractivity contribution is 0.773. The van der Waals surface area contributed by atoms with E-state index in [0.29, 0.717) is 15.9 Å². The minimum atomic E-state index is 0.261. The molecule has 1 aromatic carbocycles. The molecule has 1 aliphatic heterocycles. The number of nitrogens with two attached hydrogens (primary N) is 1. The summed E-state index contributed by atoms with van der Waals surface area (Å²) in [6.45, 7) is 2.79. The van der Waals surface area contributed by atoms with E-state index in [1.807, 2.05) is 13.0 Å². The molecule has 1 heterocycles. The average molecular weight is 244 g/mol.